The monoisotopic (exact) mass is 480 g/mol. The Morgan fingerprint density at radius 1 is 1.26 bits per heavy atom. The largest absolute Gasteiger partial charge is 0.489 e. The van der Waals surface area contributed by atoms with Crippen molar-refractivity contribution >= 4 is 23.5 Å². The lowest BCUT2D eigenvalue weighted by Crippen LogP contribution is -2.36. The molecule has 0 unspecified atom stereocenters. The van der Waals surface area contributed by atoms with Gasteiger partial charge in [0.15, 0.2) is 0 Å². The number of carbonyl (C=O) groups excluding carboxylic acids is 1. The van der Waals surface area contributed by atoms with E-state index >= 15 is 0 Å². The van der Waals surface area contributed by atoms with Crippen LogP contribution >= 0.6 is 11.8 Å². The van der Waals surface area contributed by atoms with E-state index < -0.39 is 0 Å². The first-order chi connectivity index (χ1) is 16.4. The highest BCUT2D eigenvalue weighted by molar-refractivity contribution is 8.00. The van der Waals surface area contributed by atoms with Gasteiger partial charge in [0.05, 0.1) is 28.2 Å². The van der Waals surface area contributed by atoms with Gasteiger partial charge in [0.25, 0.3) is 5.56 Å². The van der Waals surface area contributed by atoms with E-state index in [0.717, 1.165) is 24.0 Å². The van der Waals surface area contributed by atoms with E-state index in [1.807, 2.05) is 54.9 Å². The minimum absolute atomic E-state index is 0.0402. The van der Waals surface area contributed by atoms with Gasteiger partial charge in [-0.3, -0.25) is 24.4 Å². The SMILES string of the molecule is CC1(C)C[C@H](n2[nH]c(=O)c3c2NC(=O)CS[C@@H]3c2cccc(OCc3cccnc3)c2)CCO1. The van der Waals surface area contributed by atoms with Crippen molar-refractivity contribution in [2.24, 2.45) is 0 Å². The number of hydrogen-bond acceptors (Lipinski definition) is 6. The van der Waals surface area contributed by atoms with Gasteiger partial charge in [0.1, 0.15) is 18.2 Å². The zero-order chi connectivity index (χ0) is 23.7. The summed E-state index contributed by atoms with van der Waals surface area (Å²) in [6, 6.07) is 11.6. The van der Waals surface area contributed by atoms with Crippen molar-refractivity contribution in [2.45, 2.75) is 50.2 Å². The van der Waals surface area contributed by atoms with Crippen LogP contribution in [0, 0.1) is 0 Å². The first-order valence-corrected chi connectivity index (χ1v) is 12.5. The topological polar surface area (TPSA) is 98.2 Å². The third kappa shape index (κ3) is 4.76. The first-order valence-electron chi connectivity index (χ1n) is 11.4. The van der Waals surface area contributed by atoms with Gasteiger partial charge in [0, 0.05) is 24.6 Å². The molecule has 5 rings (SSSR count). The van der Waals surface area contributed by atoms with Crippen LogP contribution in [0.3, 0.4) is 0 Å². The maximum Gasteiger partial charge on any atom is 0.270 e. The van der Waals surface area contributed by atoms with Crippen molar-refractivity contribution in [3.8, 4) is 5.75 Å². The number of anilines is 1. The van der Waals surface area contributed by atoms with E-state index in [4.69, 9.17) is 9.47 Å². The second kappa shape index (κ2) is 9.31. The minimum Gasteiger partial charge on any atom is -0.489 e. The van der Waals surface area contributed by atoms with Crippen LogP contribution in [0.25, 0.3) is 0 Å². The molecular weight excluding hydrogens is 452 g/mol. The second-order valence-electron chi connectivity index (χ2n) is 9.29. The van der Waals surface area contributed by atoms with Gasteiger partial charge in [-0.1, -0.05) is 18.2 Å². The number of carbonyl (C=O) groups is 1. The lowest BCUT2D eigenvalue weighted by Gasteiger charge is -2.36. The number of benzene rings is 1. The molecule has 0 spiro atoms. The second-order valence-corrected chi connectivity index (χ2v) is 10.4. The number of rotatable bonds is 5. The molecule has 4 heterocycles. The average molecular weight is 481 g/mol. The molecule has 34 heavy (non-hydrogen) atoms. The summed E-state index contributed by atoms with van der Waals surface area (Å²) in [7, 11) is 0. The smallest absolute Gasteiger partial charge is 0.270 e. The summed E-state index contributed by atoms with van der Waals surface area (Å²) in [6.45, 7) is 5.10. The lowest BCUT2D eigenvalue weighted by atomic mass is 9.94. The molecule has 2 aliphatic rings. The van der Waals surface area contributed by atoms with Gasteiger partial charge >= 0.3 is 0 Å². The third-order valence-corrected chi connectivity index (χ3v) is 7.46. The molecule has 2 aliphatic heterocycles. The van der Waals surface area contributed by atoms with Crippen molar-refractivity contribution in [3.63, 3.8) is 0 Å². The number of nitrogens with zero attached hydrogens (tertiary/aromatic N) is 2. The maximum atomic E-state index is 13.2. The number of H-pyrrole nitrogens is 1. The molecule has 1 aromatic carbocycles. The standard InChI is InChI=1S/C25H28N4O4S/c1-25(2)12-18(8-10-33-25)29-23-21(24(31)28-29)22(34-15-20(30)27-23)17-6-3-7-19(11-17)32-14-16-5-4-9-26-13-16/h3-7,9,11,13,18,22H,8,10,12,14-15H2,1-2H3,(H,27,30)(H,28,31)/t18-,22-/m1/s1. The summed E-state index contributed by atoms with van der Waals surface area (Å²) in [5.74, 6) is 1.42. The van der Waals surface area contributed by atoms with Crippen LogP contribution in [0.15, 0.2) is 53.6 Å². The number of aromatic amines is 1. The van der Waals surface area contributed by atoms with Crippen molar-refractivity contribution in [3.05, 3.63) is 75.8 Å². The van der Waals surface area contributed by atoms with Crippen LogP contribution < -0.4 is 15.6 Å². The highest BCUT2D eigenvalue weighted by atomic mass is 32.2. The van der Waals surface area contributed by atoms with Gasteiger partial charge < -0.3 is 14.8 Å². The molecule has 2 aromatic heterocycles. The number of fused-ring (bicyclic) bond motifs is 1. The molecule has 8 nitrogen and oxygen atoms in total. The number of ether oxygens (including phenoxy) is 2. The number of thioether (sulfide) groups is 1. The number of aromatic nitrogens is 3. The molecular formula is C25H28N4O4S. The van der Waals surface area contributed by atoms with Crippen LogP contribution in [-0.4, -0.2) is 38.6 Å². The Balaban J connectivity index is 1.47. The molecule has 9 heteroatoms. The van der Waals surface area contributed by atoms with Crippen LogP contribution in [0.2, 0.25) is 0 Å². The summed E-state index contributed by atoms with van der Waals surface area (Å²) in [6.07, 6.45) is 5.01. The maximum absolute atomic E-state index is 13.2. The molecule has 0 bridgehead atoms. The predicted octanol–water partition coefficient (Wildman–Crippen LogP) is 4.06. The van der Waals surface area contributed by atoms with Crippen LogP contribution in [0.4, 0.5) is 5.82 Å². The van der Waals surface area contributed by atoms with Crippen LogP contribution in [0.5, 0.6) is 5.75 Å². The van der Waals surface area contributed by atoms with Gasteiger partial charge in [-0.05, 0) is 50.5 Å². The molecule has 2 N–H and O–H groups in total. The Hall–Kier alpha value is -3.04. The van der Waals surface area contributed by atoms with Crippen molar-refractivity contribution in [1.82, 2.24) is 14.8 Å². The van der Waals surface area contributed by atoms with E-state index in [0.29, 0.717) is 30.3 Å². The van der Waals surface area contributed by atoms with Crippen molar-refractivity contribution in [1.29, 1.82) is 0 Å². The van der Waals surface area contributed by atoms with Crippen molar-refractivity contribution < 1.29 is 14.3 Å². The van der Waals surface area contributed by atoms with E-state index in [1.54, 1.807) is 12.4 Å². The fourth-order valence-corrected chi connectivity index (χ4v) is 5.73. The van der Waals surface area contributed by atoms with Gasteiger partial charge in [-0.25, -0.2) is 0 Å². The van der Waals surface area contributed by atoms with E-state index in [2.05, 4.69) is 15.4 Å². The van der Waals surface area contributed by atoms with Crippen LogP contribution in [0.1, 0.15) is 54.7 Å². The molecule has 1 saturated heterocycles. The minimum atomic E-state index is -0.297. The Labute approximate surface area is 202 Å². The normalized spacial score (nSPS) is 21.9. The summed E-state index contributed by atoms with van der Waals surface area (Å²) < 4.78 is 13.7. The molecule has 0 radical (unpaired) electrons. The first kappa shape index (κ1) is 22.7. The van der Waals surface area contributed by atoms with Gasteiger partial charge in [0.2, 0.25) is 5.91 Å². The lowest BCUT2D eigenvalue weighted by molar-refractivity contribution is -0.113. The highest BCUT2D eigenvalue weighted by Gasteiger charge is 2.36. The fraction of sp³-hybridized carbons (Fsp3) is 0.400. The summed E-state index contributed by atoms with van der Waals surface area (Å²) >= 11 is 1.45. The van der Waals surface area contributed by atoms with E-state index in [9.17, 15) is 9.59 Å². The third-order valence-electron chi connectivity index (χ3n) is 6.19. The number of nitrogens with one attached hydrogen (secondary N) is 2. The zero-order valence-electron chi connectivity index (χ0n) is 19.2. The molecule has 178 valence electrons. The van der Waals surface area contributed by atoms with E-state index in [-0.39, 0.29) is 34.1 Å². The molecule has 0 aliphatic carbocycles. The summed E-state index contributed by atoms with van der Waals surface area (Å²) in [4.78, 5) is 29.9. The Kier molecular flexibility index (Phi) is 6.22. The summed E-state index contributed by atoms with van der Waals surface area (Å²) in [5.41, 5.74) is 1.99. The van der Waals surface area contributed by atoms with E-state index in [1.165, 1.54) is 11.8 Å². The molecule has 0 saturated carbocycles. The fourth-order valence-electron chi connectivity index (χ4n) is 4.62. The van der Waals surface area contributed by atoms with Gasteiger partial charge in [-0.2, -0.15) is 0 Å². The van der Waals surface area contributed by atoms with Gasteiger partial charge in [-0.15, -0.1) is 11.8 Å². The molecule has 3 aromatic rings. The zero-order valence-corrected chi connectivity index (χ0v) is 20.1. The highest BCUT2D eigenvalue weighted by Crippen LogP contribution is 2.42. The number of pyridine rings is 1. The molecule has 1 amide bonds. The quantitative estimate of drug-likeness (QED) is 0.572. The Morgan fingerprint density at radius 2 is 2.15 bits per heavy atom. The number of amides is 1. The van der Waals surface area contributed by atoms with Crippen LogP contribution in [-0.2, 0) is 16.1 Å². The number of hydrogen-bond donors (Lipinski definition) is 2. The Morgan fingerprint density at radius 3 is 2.94 bits per heavy atom. The Bertz CT molecular complexity index is 1240. The average Bonchev–Trinajstić information content (AvgIpc) is 3.03. The predicted molar refractivity (Wildman–Crippen MR) is 131 cm³/mol. The summed E-state index contributed by atoms with van der Waals surface area (Å²) in [5, 5.41) is 5.70. The van der Waals surface area contributed by atoms with Crippen molar-refractivity contribution in [2.75, 3.05) is 17.7 Å². The molecule has 1 fully saturated rings. The molecule has 2 atom stereocenters.